The zero-order chi connectivity index (χ0) is 17.9. The average Bonchev–Trinajstić information content (AvgIpc) is 2.68. The van der Waals surface area contributed by atoms with Crippen LogP contribution in [0.3, 0.4) is 0 Å². The van der Waals surface area contributed by atoms with Crippen LogP contribution < -0.4 is 15.3 Å². The molecule has 0 saturated carbocycles. The minimum Gasteiger partial charge on any atom is -0.502 e. The molecule has 3 heterocycles. The summed E-state index contributed by atoms with van der Waals surface area (Å²) in [4.78, 5) is 10.7. The Bertz CT molecular complexity index is 1050. The Morgan fingerprint density at radius 2 is 1.96 bits per heavy atom. The van der Waals surface area contributed by atoms with E-state index in [2.05, 4.69) is 20.3 Å². The Kier molecular flexibility index (Phi) is 4.19. The quantitative estimate of drug-likeness (QED) is 0.597. The average molecular weight is 344 g/mol. The van der Waals surface area contributed by atoms with Gasteiger partial charge in [0.1, 0.15) is 5.82 Å². The van der Waals surface area contributed by atoms with E-state index in [1.165, 1.54) is 0 Å². The Morgan fingerprint density at radius 1 is 1.08 bits per heavy atom. The third kappa shape index (κ3) is 3.07. The van der Waals surface area contributed by atoms with Crippen LogP contribution in [-0.4, -0.2) is 10.1 Å². The van der Waals surface area contributed by atoms with E-state index in [1.54, 1.807) is 6.20 Å². The molecule has 1 atom stereocenters. The van der Waals surface area contributed by atoms with E-state index in [0.717, 1.165) is 27.9 Å². The predicted octanol–water partition coefficient (Wildman–Crippen LogP) is 3.08. The van der Waals surface area contributed by atoms with Gasteiger partial charge in [-0.25, -0.2) is 15.0 Å². The number of rotatable bonds is 4. The van der Waals surface area contributed by atoms with Crippen LogP contribution in [0.2, 0.25) is 0 Å². The van der Waals surface area contributed by atoms with E-state index in [0.29, 0.717) is 5.52 Å². The van der Waals surface area contributed by atoms with Gasteiger partial charge in [-0.3, -0.25) is 0 Å². The monoisotopic (exact) mass is 344 g/mol. The summed E-state index contributed by atoms with van der Waals surface area (Å²) in [6.45, 7) is 2.03. The fourth-order valence-electron chi connectivity index (χ4n) is 3.12. The largest absolute Gasteiger partial charge is 0.502 e. The molecule has 0 amide bonds. The van der Waals surface area contributed by atoms with Crippen LogP contribution in [0.1, 0.15) is 22.7 Å². The Balaban J connectivity index is 1.84. The van der Waals surface area contributed by atoms with Gasteiger partial charge in [-0.1, -0.05) is 6.07 Å². The molecule has 0 aliphatic heterocycles. The number of pyridine rings is 3. The molecule has 0 bridgehead atoms. The molecule has 0 aliphatic rings. The number of nitrogens with zero attached hydrogens (tertiary/aromatic N) is 1. The van der Waals surface area contributed by atoms with Gasteiger partial charge in [-0.2, -0.15) is 0 Å². The van der Waals surface area contributed by atoms with Crippen molar-refractivity contribution in [2.75, 3.05) is 5.32 Å². The lowest BCUT2D eigenvalue weighted by Gasteiger charge is -2.20. The number of fused-ring (bicyclic) bond motifs is 1. The van der Waals surface area contributed by atoms with E-state index in [1.807, 2.05) is 74.0 Å². The van der Waals surface area contributed by atoms with E-state index >= 15 is 0 Å². The van der Waals surface area contributed by atoms with Crippen molar-refractivity contribution in [3.05, 3.63) is 90.0 Å². The van der Waals surface area contributed by atoms with Gasteiger partial charge < -0.3 is 10.4 Å². The van der Waals surface area contributed by atoms with E-state index < -0.39 is 0 Å². The smallest absolute Gasteiger partial charge is 0.253 e. The number of phenols is 1. The number of phenolic OH excluding ortho intramolecular Hbond substituents is 1. The molecular weight excluding hydrogens is 324 g/mol. The zero-order valence-corrected chi connectivity index (χ0v) is 14.4. The molecule has 0 spiro atoms. The summed E-state index contributed by atoms with van der Waals surface area (Å²) in [6.07, 6.45) is 7.37. The minimum atomic E-state index is -0.250. The molecule has 4 aromatic rings. The molecule has 3 aromatic heterocycles. The molecule has 0 radical (unpaired) electrons. The molecule has 26 heavy (non-hydrogen) atoms. The minimum absolute atomic E-state index is 0.233. The van der Waals surface area contributed by atoms with Crippen LogP contribution in [0, 0.1) is 6.92 Å². The number of aromatic amines is 2. The van der Waals surface area contributed by atoms with E-state index in [9.17, 15) is 5.11 Å². The summed E-state index contributed by atoms with van der Waals surface area (Å²) in [5.41, 5.74) is 3.62. The van der Waals surface area contributed by atoms with Gasteiger partial charge in [-0.05, 0) is 42.8 Å². The van der Waals surface area contributed by atoms with Gasteiger partial charge in [0, 0.05) is 29.5 Å². The van der Waals surface area contributed by atoms with Gasteiger partial charge in [0.05, 0.1) is 11.4 Å². The molecule has 0 fully saturated rings. The number of hydrogen-bond acceptors (Lipinski definition) is 3. The first-order valence-corrected chi connectivity index (χ1v) is 8.50. The summed E-state index contributed by atoms with van der Waals surface area (Å²) in [7, 11) is 0. The molecule has 1 unspecified atom stereocenters. The Labute approximate surface area is 151 Å². The Hall–Kier alpha value is -3.47. The number of H-pyrrole nitrogens is 2. The molecular formula is C21H20N4O+2. The van der Waals surface area contributed by atoms with Crippen LogP contribution in [0.5, 0.6) is 5.75 Å². The number of anilines is 1. The molecule has 0 saturated heterocycles. The van der Waals surface area contributed by atoms with E-state index in [4.69, 9.17) is 0 Å². The molecule has 4 N–H and O–H groups in total. The van der Waals surface area contributed by atoms with Crippen LogP contribution in [0.25, 0.3) is 10.9 Å². The highest BCUT2D eigenvalue weighted by Crippen LogP contribution is 2.34. The van der Waals surface area contributed by atoms with Crippen molar-refractivity contribution in [1.29, 1.82) is 0 Å². The zero-order valence-electron chi connectivity index (χ0n) is 14.4. The summed E-state index contributed by atoms with van der Waals surface area (Å²) in [5, 5.41) is 15.3. The molecule has 5 nitrogen and oxygen atoms in total. The van der Waals surface area contributed by atoms with Crippen molar-refractivity contribution < 1.29 is 15.1 Å². The number of hydrogen-bond donors (Lipinski definition) is 2. The number of benzene rings is 1. The Morgan fingerprint density at radius 3 is 2.77 bits per heavy atom. The van der Waals surface area contributed by atoms with Crippen molar-refractivity contribution in [2.45, 2.75) is 13.0 Å². The first-order chi connectivity index (χ1) is 12.7. The maximum absolute atomic E-state index is 10.9. The third-order valence-electron chi connectivity index (χ3n) is 4.42. The second kappa shape index (κ2) is 6.80. The first kappa shape index (κ1) is 16.0. The lowest BCUT2D eigenvalue weighted by Crippen LogP contribution is -2.17. The van der Waals surface area contributed by atoms with Crippen LogP contribution in [0.15, 0.2) is 73.3 Å². The first-order valence-electron chi connectivity index (χ1n) is 8.50. The summed E-state index contributed by atoms with van der Waals surface area (Å²) in [6, 6.07) is 15.5. The van der Waals surface area contributed by atoms with Crippen LogP contribution >= 0.6 is 0 Å². The van der Waals surface area contributed by atoms with Crippen molar-refractivity contribution in [3.8, 4) is 5.75 Å². The van der Waals surface area contributed by atoms with Crippen LogP contribution in [0.4, 0.5) is 5.82 Å². The highest BCUT2D eigenvalue weighted by atomic mass is 16.3. The lowest BCUT2D eigenvalue weighted by atomic mass is 9.97. The van der Waals surface area contributed by atoms with Gasteiger partial charge in [0.25, 0.3) is 5.52 Å². The predicted molar refractivity (Wildman–Crippen MR) is 99.6 cm³/mol. The van der Waals surface area contributed by atoms with Gasteiger partial charge in [0.15, 0.2) is 24.3 Å². The summed E-state index contributed by atoms with van der Waals surface area (Å²) < 4.78 is 0. The molecule has 128 valence electrons. The van der Waals surface area contributed by atoms with Gasteiger partial charge in [-0.15, -0.1) is 0 Å². The molecule has 4 rings (SSSR count). The summed E-state index contributed by atoms with van der Waals surface area (Å²) >= 11 is 0. The van der Waals surface area contributed by atoms with Crippen molar-refractivity contribution in [2.24, 2.45) is 0 Å². The van der Waals surface area contributed by atoms with Gasteiger partial charge >= 0.3 is 0 Å². The topological polar surface area (TPSA) is 73.4 Å². The number of nitrogens with one attached hydrogen (secondary N) is 3. The van der Waals surface area contributed by atoms with Crippen molar-refractivity contribution in [1.82, 2.24) is 4.98 Å². The highest BCUT2D eigenvalue weighted by molar-refractivity contribution is 5.83. The van der Waals surface area contributed by atoms with E-state index in [-0.39, 0.29) is 11.8 Å². The highest BCUT2D eigenvalue weighted by Gasteiger charge is 2.23. The summed E-state index contributed by atoms with van der Waals surface area (Å²) in [5.74, 6) is 0.993. The van der Waals surface area contributed by atoms with Crippen molar-refractivity contribution in [3.63, 3.8) is 0 Å². The van der Waals surface area contributed by atoms with Crippen LogP contribution in [-0.2, 0) is 0 Å². The third-order valence-corrected chi connectivity index (χ3v) is 4.42. The second-order valence-corrected chi connectivity index (χ2v) is 6.27. The molecule has 1 aromatic carbocycles. The second-order valence-electron chi connectivity index (χ2n) is 6.27. The number of aromatic hydroxyl groups is 1. The fraction of sp³-hybridized carbons (Fsp3) is 0.0952. The SMILES string of the molecule is Cc1ccnc(NC(c2ccc[nH+]c2)c2ccc3ccc[nH+]c3c2O)c1. The molecule has 5 heteroatoms. The van der Waals surface area contributed by atoms with Gasteiger partial charge in [0.2, 0.25) is 0 Å². The standard InChI is InChI=1S/C21H18N4O/c1-14-8-11-23-18(12-14)25-19(16-5-2-9-22-13-16)17-7-6-15-4-3-10-24-20(15)21(17)26/h2-13,19,26H,1H3,(H,23,25)/p+2. The number of aryl methyl sites for hydroxylation is 1. The number of aromatic nitrogens is 3. The molecule has 0 aliphatic carbocycles. The van der Waals surface area contributed by atoms with Crippen molar-refractivity contribution >= 4 is 16.7 Å². The maximum atomic E-state index is 10.9. The normalized spacial score (nSPS) is 12.0. The fourth-order valence-corrected chi connectivity index (χ4v) is 3.12. The lowest BCUT2D eigenvalue weighted by molar-refractivity contribution is -0.378. The maximum Gasteiger partial charge on any atom is 0.253 e.